The van der Waals surface area contributed by atoms with Crippen LogP contribution in [0.5, 0.6) is 5.75 Å². The minimum atomic E-state index is 0.0482. The largest absolute Gasteiger partial charge is 0.507 e. The number of aromatic hydroxyl groups is 1. The van der Waals surface area contributed by atoms with Gasteiger partial charge in [0, 0.05) is 17.5 Å². The van der Waals surface area contributed by atoms with E-state index in [2.05, 4.69) is 13.0 Å². The summed E-state index contributed by atoms with van der Waals surface area (Å²) in [6, 6.07) is 2.17. The zero-order valence-electron chi connectivity index (χ0n) is 10.4. The summed E-state index contributed by atoms with van der Waals surface area (Å²) in [5.74, 6) is 0.475. The summed E-state index contributed by atoms with van der Waals surface area (Å²) >= 11 is 0. The van der Waals surface area contributed by atoms with E-state index in [4.69, 9.17) is 5.73 Å². The second kappa shape index (κ2) is 3.77. The average Bonchev–Trinajstić information content (AvgIpc) is 2.18. The number of aryl methyl sites for hydroxylation is 2. The Morgan fingerprint density at radius 3 is 2.31 bits per heavy atom. The Bertz CT molecular complexity index is 414. The van der Waals surface area contributed by atoms with Gasteiger partial charge in [-0.15, -0.1) is 0 Å². The molecule has 1 aliphatic carbocycles. The van der Waals surface area contributed by atoms with Crippen LogP contribution in [0.25, 0.3) is 0 Å². The first-order chi connectivity index (χ1) is 7.52. The Balaban J connectivity index is 2.60. The Labute approximate surface area is 97.5 Å². The van der Waals surface area contributed by atoms with Crippen molar-refractivity contribution >= 4 is 0 Å². The third-order valence-corrected chi connectivity index (χ3v) is 4.24. The van der Waals surface area contributed by atoms with Gasteiger partial charge < -0.3 is 10.8 Å². The molecule has 2 rings (SSSR count). The van der Waals surface area contributed by atoms with Crippen LogP contribution in [-0.4, -0.2) is 11.7 Å². The van der Waals surface area contributed by atoms with Gasteiger partial charge in [0.1, 0.15) is 5.75 Å². The summed E-state index contributed by atoms with van der Waals surface area (Å²) in [6.45, 7) is 6.75. The molecule has 3 N–H and O–H groups in total. The molecule has 1 aromatic carbocycles. The maximum Gasteiger partial charge on any atom is 0.122 e. The molecule has 88 valence electrons. The van der Waals surface area contributed by atoms with E-state index in [0.717, 1.165) is 29.5 Å². The quantitative estimate of drug-likeness (QED) is 0.803. The summed E-state index contributed by atoms with van der Waals surface area (Å²) in [5.41, 5.74) is 10.4. The number of hydrogen-bond acceptors (Lipinski definition) is 2. The van der Waals surface area contributed by atoms with E-state index in [1.165, 1.54) is 12.0 Å². The van der Waals surface area contributed by atoms with Gasteiger partial charge in [0.25, 0.3) is 0 Å². The van der Waals surface area contributed by atoms with Gasteiger partial charge in [-0.2, -0.15) is 0 Å². The molecule has 0 bridgehead atoms. The van der Waals surface area contributed by atoms with E-state index in [9.17, 15) is 5.11 Å². The van der Waals surface area contributed by atoms with Gasteiger partial charge in [-0.3, -0.25) is 0 Å². The smallest absolute Gasteiger partial charge is 0.122 e. The van der Waals surface area contributed by atoms with Gasteiger partial charge in [0.05, 0.1) is 0 Å². The first-order valence-electron chi connectivity index (χ1n) is 6.02. The van der Waals surface area contributed by atoms with Crippen molar-refractivity contribution in [3.63, 3.8) is 0 Å². The molecule has 1 fully saturated rings. The highest BCUT2D eigenvalue weighted by Gasteiger charge is 2.40. The summed E-state index contributed by atoms with van der Waals surface area (Å²) in [7, 11) is 0. The minimum absolute atomic E-state index is 0.0482. The van der Waals surface area contributed by atoms with Crippen LogP contribution in [0, 0.1) is 20.8 Å². The molecule has 0 spiro atoms. The minimum Gasteiger partial charge on any atom is -0.507 e. The van der Waals surface area contributed by atoms with Gasteiger partial charge in [-0.25, -0.2) is 0 Å². The van der Waals surface area contributed by atoms with Crippen molar-refractivity contribution in [1.82, 2.24) is 0 Å². The molecule has 0 heterocycles. The van der Waals surface area contributed by atoms with Crippen molar-refractivity contribution in [2.24, 2.45) is 5.73 Å². The van der Waals surface area contributed by atoms with Crippen molar-refractivity contribution < 1.29 is 5.11 Å². The van der Waals surface area contributed by atoms with Crippen molar-refractivity contribution in [2.75, 3.05) is 6.54 Å². The van der Waals surface area contributed by atoms with E-state index >= 15 is 0 Å². The predicted octanol–water partition coefficient (Wildman–Crippen LogP) is 2.70. The molecular formula is C14H21NO. The highest BCUT2D eigenvalue weighted by molar-refractivity contribution is 5.53. The van der Waals surface area contributed by atoms with E-state index in [0.29, 0.717) is 12.3 Å². The van der Waals surface area contributed by atoms with Crippen molar-refractivity contribution in [1.29, 1.82) is 0 Å². The average molecular weight is 219 g/mol. The SMILES string of the molecule is Cc1cc(C)c(C2(CN)CCC2)c(O)c1C. The van der Waals surface area contributed by atoms with E-state index in [1.807, 2.05) is 13.8 Å². The second-order valence-corrected chi connectivity index (χ2v) is 5.20. The molecule has 1 aliphatic rings. The third kappa shape index (κ3) is 1.44. The molecule has 0 unspecified atom stereocenters. The van der Waals surface area contributed by atoms with Crippen molar-refractivity contribution in [3.05, 3.63) is 28.3 Å². The number of phenolic OH excluding ortho intramolecular Hbond substituents is 1. The normalized spacial score (nSPS) is 18.2. The molecule has 16 heavy (non-hydrogen) atoms. The molecule has 0 aliphatic heterocycles. The van der Waals surface area contributed by atoms with Crippen LogP contribution >= 0.6 is 0 Å². The Morgan fingerprint density at radius 2 is 1.88 bits per heavy atom. The van der Waals surface area contributed by atoms with Crippen LogP contribution in [-0.2, 0) is 5.41 Å². The predicted molar refractivity (Wildman–Crippen MR) is 66.9 cm³/mol. The van der Waals surface area contributed by atoms with Crippen LogP contribution < -0.4 is 5.73 Å². The number of benzene rings is 1. The standard InChI is InChI=1S/C14H21NO/c1-9-7-10(2)12(13(16)11(9)3)14(8-15)5-4-6-14/h7,16H,4-6,8,15H2,1-3H3. The molecule has 0 saturated heterocycles. The van der Waals surface area contributed by atoms with Gasteiger partial charge >= 0.3 is 0 Å². The van der Waals surface area contributed by atoms with Gasteiger partial charge in [0.2, 0.25) is 0 Å². The topological polar surface area (TPSA) is 46.2 Å². The highest BCUT2D eigenvalue weighted by atomic mass is 16.3. The lowest BCUT2D eigenvalue weighted by Crippen LogP contribution is -2.42. The van der Waals surface area contributed by atoms with Crippen LogP contribution in [0.15, 0.2) is 6.07 Å². The molecule has 0 atom stereocenters. The number of rotatable bonds is 2. The second-order valence-electron chi connectivity index (χ2n) is 5.20. The zero-order chi connectivity index (χ0) is 11.9. The maximum atomic E-state index is 10.3. The first kappa shape index (κ1) is 11.5. The Kier molecular flexibility index (Phi) is 2.70. The monoisotopic (exact) mass is 219 g/mol. The molecule has 0 aromatic heterocycles. The van der Waals surface area contributed by atoms with Crippen molar-refractivity contribution in [3.8, 4) is 5.75 Å². The number of nitrogens with two attached hydrogens (primary N) is 1. The Morgan fingerprint density at radius 1 is 1.25 bits per heavy atom. The van der Waals surface area contributed by atoms with Crippen LogP contribution in [0.1, 0.15) is 41.5 Å². The number of hydrogen-bond donors (Lipinski definition) is 2. The zero-order valence-corrected chi connectivity index (χ0v) is 10.4. The number of phenols is 1. The molecule has 1 saturated carbocycles. The van der Waals surface area contributed by atoms with E-state index in [1.54, 1.807) is 0 Å². The van der Waals surface area contributed by atoms with Gasteiger partial charge in [-0.05, 0) is 50.3 Å². The molecule has 0 amide bonds. The molecule has 2 nitrogen and oxygen atoms in total. The fourth-order valence-corrected chi connectivity index (χ4v) is 2.90. The van der Waals surface area contributed by atoms with E-state index < -0.39 is 0 Å². The fraction of sp³-hybridized carbons (Fsp3) is 0.571. The van der Waals surface area contributed by atoms with Crippen molar-refractivity contribution in [2.45, 2.75) is 45.4 Å². The molecule has 1 aromatic rings. The summed E-state index contributed by atoms with van der Waals surface area (Å²) in [6.07, 6.45) is 3.45. The lowest BCUT2D eigenvalue weighted by molar-refractivity contribution is 0.243. The molecule has 2 heteroatoms. The first-order valence-corrected chi connectivity index (χ1v) is 6.02. The Hall–Kier alpha value is -1.02. The van der Waals surface area contributed by atoms with Crippen LogP contribution in [0.3, 0.4) is 0 Å². The van der Waals surface area contributed by atoms with Gasteiger partial charge in [0.15, 0.2) is 0 Å². The highest BCUT2D eigenvalue weighted by Crippen LogP contribution is 2.48. The van der Waals surface area contributed by atoms with Crippen LogP contribution in [0.4, 0.5) is 0 Å². The lowest BCUT2D eigenvalue weighted by atomic mass is 9.62. The fourth-order valence-electron chi connectivity index (χ4n) is 2.90. The van der Waals surface area contributed by atoms with Crippen LogP contribution in [0.2, 0.25) is 0 Å². The lowest BCUT2D eigenvalue weighted by Gasteiger charge is -2.43. The summed E-state index contributed by atoms with van der Waals surface area (Å²) in [4.78, 5) is 0. The third-order valence-electron chi connectivity index (χ3n) is 4.24. The van der Waals surface area contributed by atoms with Gasteiger partial charge in [-0.1, -0.05) is 12.5 Å². The summed E-state index contributed by atoms with van der Waals surface area (Å²) in [5, 5.41) is 10.3. The molecule has 0 radical (unpaired) electrons. The van der Waals surface area contributed by atoms with E-state index in [-0.39, 0.29) is 5.41 Å². The maximum absolute atomic E-state index is 10.3. The molecular weight excluding hydrogens is 198 g/mol. The summed E-state index contributed by atoms with van der Waals surface area (Å²) < 4.78 is 0.